The van der Waals surface area contributed by atoms with E-state index >= 15 is 0 Å². The molecule has 136 valence electrons. The molecule has 2 amide bonds. The van der Waals surface area contributed by atoms with Crippen LogP contribution >= 0.6 is 15.9 Å². The van der Waals surface area contributed by atoms with E-state index in [-0.39, 0.29) is 25.2 Å². The number of carbonyl (C=O) groups excluding carboxylic acids is 2. The Balaban J connectivity index is 1.56. The zero-order valence-electron chi connectivity index (χ0n) is 14.3. The lowest BCUT2D eigenvalue weighted by atomic mass is 10.2. The van der Waals surface area contributed by atoms with Crippen molar-refractivity contribution in [3.05, 3.63) is 58.1 Å². The van der Waals surface area contributed by atoms with Crippen molar-refractivity contribution in [3.63, 3.8) is 0 Å². The van der Waals surface area contributed by atoms with Crippen LogP contribution in [-0.4, -0.2) is 36.6 Å². The zero-order valence-corrected chi connectivity index (χ0v) is 15.9. The molecule has 2 aromatic rings. The Kier molecular flexibility index (Phi) is 5.78. The molecule has 6 nitrogen and oxygen atoms in total. The number of nitrogens with zero attached hydrogens (tertiary/aromatic N) is 1. The molecule has 0 saturated carbocycles. The summed E-state index contributed by atoms with van der Waals surface area (Å²) < 4.78 is 11.6. The molecule has 7 heteroatoms. The van der Waals surface area contributed by atoms with E-state index in [1.807, 2.05) is 25.1 Å². The number of benzene rings is 2. The molecule has 0 atom stereocenters. The summed E-state index contributed by atoms with van der Waals surface area (Å²) in [5.41, 5.74) is 1.46. The van der Waals surface area contributed by atoms with Gasteiger partial charge in [-0.1, -0.05) is 22.0 Å². The lowest BCUT2D eigenvalue weighted by Crippen LogP contribution is -2.39. The number of hydrogen-bond acceptors (Lipinski definition) is 4. The van der Waals surface area contributed by atoms with Gasteiger partial charge in [-0.2, -0.15) is 0 Å². The summed E-state index contributed by atoms with van der Waals surface area (Å²) in [6, 6.07) is 12.6. The fraction of sp³-hybridized carbons (Fsp3) is 0.263. The maximum absolute atomic E-state index is 12.5. The Morgan fingerprint density at radius 2 is 1.85 bits per heavy atom. The van der Waals surface area contributed by atoms with Crippen molar-refractivity contribution < 1.29 is 19.1 Å². The van der Waals surface area contributed by atoms with Gasteiger partial charge in [0.15, 0.2) is 11.5 Å². The number of likely N-dealkylation sites (N-methyl/N-ethyl adjacent to an activating group) is 1. The minimum absolute atomic E-state index is 0.0483. The molecule has 1 aliphatic rings. The van der Waals surface area contributed by atoms with Crippen molar-refractivity contribution >= 4 is 27.7 Å². The SMILES string of the molecule is CCN(Cc1ccc2c(c1)OCO2)C(=O)CNC(=O)c1ccc(Br)cc1. The summed E-state index contributed by atoms with van der Waals surface area (Å²) in [4.78, 5) is 26.3. The van der Waals surface area contributed by atoms with Crippen LogP contribution in [0.3, 0.4) is 0 Å². The Hall–Kier alpha value is -2.54. The Labute approximate surface area is 160 Å². The normalized spacial score (nSPS) is 11.9. The smallest absolute Gasteiger partial charge is 0.251 e. The van der Waals surface area contributed by atoms with Crippen molar-refractivity contribution in [1.82, 2.24) is 10.2 Å². The second-order valence-corrected chi connectivity index (χ2v) is 6.70. The predicted octanol–water partition coefficient (Wildman–Crippen LogP) is 2.96. The average Bonchev–Trinajstić information content (AvgIpc) is 3.12. The maximum atomic E-state index is 12.5. The third kappa shape index (κ3) is 4.35. The van der Waals surface area contributed by atoms with Crippen molar-refractivity contribution in [3.8, 4) is 11.5 Å². The van der Waals surface area contributed by atoms with Gasteiger partial charge < -0.3 is 19.7 Å². The van der Waals surface area contributed by atoms with Crippen LogP contribution in [0.2, 0.25) is 0 Å². The van der Waals surface area contributed by atoms with Crippen LogP contribution in [0.5, 0.6) is 11.5 Å². The van der Waals surface area contributed by atoms with Crippen molar-refractivity contribution in [2.24, 2.45) is 0 Å². The highest BCUT2D eigenvalue weighted by Crippen LogP contribution is 2.32. The van der Waals surface area contributed by atoms with Gasteiger partial charge in [-0.05, 0) is 48.9 Å². The monoisotopic (exact) mass is 418 g/mol. The predicted molar refractivity (Wildman–Crippen MR) is 100 cm³/mol. The van der Waals surface area contributed by atoms with Gasteiger partial charge in [0.25, 0.3) is 5.91 Å². The number of ether oxygens (including phenoxy) is 2. The molecule has 0 saturated heterocycles. The molecule has 2 aromatic carbocycles. The lowest BCUT2D eigenvalue weighted by Gasteiger charge is -2.21. The summed E-state index contributed by atoms with van der Waals surface area (Å²) >= 11 is 3.33. The Morgan fingerprint density at radius 3 is 2.58 bits per heavy atom. The Bertz CT molecular complexity index is 808. The summed E-state index contributed by atoms with van der Waals surface area (Å²) in [6.45, 7) is 3.06. The number of rotatable bonds is 6. The van der Waals surface area contributed by atoms with Crippen molar-refractivity contribution in [2.45, 2.75) is 13.5 Å². The molecular formula is C19H19BrN2O4. The van der Waals surface area contributed by atoms with Gasteiger partial charge in [0.05, 0.1) is 6.54 Å². The van der Waals surface area contributed by atoms with Crippen LogP contribution in [0.1, 0.15) is 22.8 Å². The van der Waals surface area contributed by atoms with E-state index in [2.05, 4.69) is 21.2 Å². The molecule has 1 aliphatic heterocycles. The second kappa shape index (κ2) is 8.23. The average molecular weight is 419 g/mol. The first-order valence-corrected chi connectivity index (χ1v) is 9.06. The lowest BCUT2D eigenvalue weighted by molar-refractivity contribution is -0.130. The van der Waals surface area contributed by atoms with Crippen LogP contribution in [0.25, 0.3) is 0 Å². The first kappa shape index (κ1) is 18.3. The van der Waals surface area contributed by atoms with Gasteiger partial charge in [-0.25, -0.2) is 0 Å². The number of fused-ring (bicyclic) bond motifs is 1. The fourth-order valence-electron chi connectivity index (χ4n) is 2.61. The number of hydrogen-bond donors (Lipinski definition) is 1. The van der Waals surface area contributed by atoms with E-state index in [1.54, 1.807) is 29.2 Å². The van der Waals surface area contributed by atoms with Gasteiger partial charge >= 0.3 is 0 Å². The van der Waals surface area contributed by atoms with E-state index < -0.39 is 0 Å². The van der Waals surface area contributed by atoms with Crippen LogP contribution in [0, 0.1) is 0 Å². The van der Waals surface area contributed by atoms with Gasteiger partial charge in [0.1, 0.15) is 0 Å². The van der Waals surface area contributed by atoms with E-state index in [0.29, 0.717) is 30.2 Å². The molecule has 0 fully saturated rings. The molecule has 0 radical (unpaired) electrons. The third-order valence-corrected chi connectivity index (χ3v) is 4.58. The molecule has 0 bridgehead atoms. The topological polar surface area (TPSA) is 67.9 Å². The highest BCUT2D eigenvalue weighted by atomic mass is 79.9. The summed E-state index contributed by atoms with van der Waals surface area (Å²) in [5.74, 6) is 0.986. The summed E-state index contributed by atoms with van der Waals surface area (Å²) in [7, 11) is 0. The van der Waals surface area contributed by atoms with E-state index in [0.717, 1.165) is 10.0 Å². The number of carbonyl (C=O) groups is 2. The first-order valence-electron chi connectivity index (χ1n) is 8.27. The molecule has 0 aliphatic carbocycles. The Morgan fingerprint density at radius 1 is 1.12 bits per heavy atom. The van der Waals surface area contributed by atoms with Gasteiger partial charge in [0.2, 0.25) is 12.7 Å². The third-order valence-electron chi connectivity index (χ3n) is 4.05. The maximum Gasteiger partial charge on any atom is 0.251 e. The number of amides is 2. The van der Waals surface area contributed by atoms with Gasteiger partial charge in [0, 0.05) is 23.1 Å². The molecule has 0 spiro atoms. The van der Waals surface area contributed by atoms with Crippen LogP contribution in [0.15, 0.2) is 46.9 Å². The van der Waals surface area contributed by atoms with Gasteiger partial charge in [-0.15, -0.1) is 0 Å². The number of halogens is 1. The summed E-state index contributed by atoms with van der Waals surface area (Å²) in [6.07, 6.45) is 0. The second-order valence-electron chi connectivity index (χ2n) is 5.79. The molecule has 1 N–H and O–H groups in total. The standard InChI is InChI=1S/C19H19BrN2O4/c1-2-22(11-13-3-8-16-17(9-13)26-12-25-16)18(23)10-21-19(24)14-4-6-15(20)7-5-14/h3-9H,2,10-12H2,1H3,(H,21,24). The van der Waals surface area contributed by atoms with Gasteiger partial charge in [-0.3, -0.25) is 9.59 Å². The zero-order chi connectivity index (χ0) is 18.5. The van der Waals surface area contributed by atoms with E-state index in [9.17, 15) is 9.59 Å². The molecule has 26 heavy (non-hydrogen) atoms. The fourth-order valence-corrected chi connectivity index (χ4v) is 2.87. The quantitative estimate of drug-likeness (QED) is 0.782. The highest BCUT2D eigenvalue weighted by Gasteiger charge is 2.17. The van der Waals surface area contributed by atoms with Crippen molar-refractivity contribution in [1.29, 1.82) is 0 Å². The molecular weight excluding hydrogens is 400 g/mol. The first-order chi connectivity index (χ1) is 12.6. The number of nitrogens with one attached hydrogen (secondary N) is 1. The summed E-state index contributed by atoms with van der Waals surface area (Å²) in [5, 5.41) is 2.67. The van der Waals surface area contributed by atoms with E-state index in [1.165, 1.54) is 0 Å². The largest absolute Gasteiger partial charge is 0.454 e. The minimum Gasteiger partial charge on any atom is -0.454 e. The molecule has 1 heterocycles. The van der Waals surface area contributed by atoms with Crippen molar-refractivity contribution in [2.75, 3.05) is 19.9 Å². The molecule has 3 rings (SSSR count). The van der Waals surface area contributed by atoms with Crippen LogP contribution in [0.4, 0.5) is 0 Å². The molecule has 0 aromatic heterocycles. The molecule has 0 unspecified atom stereocenters. The van der Waals surface area contributed by atoms with Crippen LogP contribution in [-0.2, 0) is 11.3 Å². The van der Waals surface area contributed by atoms with Crippen LogP contribution < -0.4 is 14.8 Å². The highest BCUT2D eigenvalue weighted by molar-refractivity contribution is 9.10. The minimum atomic E-state index is -0.273. The van der Waals surface area contributed by atoms with E-state index in [4.69, 9.17) is 9.47 Å².